The van der Waals surface area contributed by atoms with E-state index in [1.807, 2.05) is 5.32 Å². The van der Waals surface area contributed by atoms with Crippen molar-refractivity contribution >= 4 is 5.91 Å². The fourth-order valence-corrected chi connectivity index (χ4v) is 2.46. The molecule has 1 atom stereocenters. The molecule has 0 radical (unpaired) electrons. The summed E-state index contributed by atoms with van der Waals surface area (Å²) in [5.74, 6) is -0.222. The van der Waals surface area contributed by atoms with E-state index in [2.05, 4.69) is 0 Å². The van der Waals surface area contributed by atoms with Crippen molar-refractivity contribution in [2.75, 3.05) is 13.7 Å². The minimum absolute atomic E-state index is 0.256. The standard InChI is InChI=1S/C13H15F3N2O2/c1-20-10-4-2-3-9-8(10)5-6-12(9,17)11(19)18-7-13(14,15)16/h2-4H,5-7,17H2,1H3,(H,18,19). The van der Waals surface area contributed by atoms with Crippen molar-refractivity contribution < 1.29 is 22.7 Å². The number of carbonyl (C=O) groups is 1. The van der Waals surface area contributed by atoms with Crippen LogP contribution in [-0.4, -0.2) is 25.7 Å². The first-order valence-electron chi connectivity index (χ1n) is 6.08. The number of hydrogen-bond acceptors (Lipinski definition) is 3. The number of nitrogens with two attached hydrogens (primary N) is 1. The monoisotopic (exact) mass is 288 g/mol. The molecule has 0 heterocycles. The van der Waals surface area contributed by atoms with Gasteiger partial charge in [0.2, 0.25) is 5.91 Å². The van der Waals surface area contributed by atoms with Crippen LogP contribution in [0.2, 0.25) is 0 Å². The maximum Gasteiger partial charge on any atom is 0.405 e. The molecule has 4 nitrogen and oxygen atoms in total. The summed E-state index contributed by atoms with van der Waals surface area (Å²) in [5, 5.41) is 1.85. The molecule has 1 amide bonds. The van der Waals surface area contributed by atoms with Gasteiger partial charge in [0.15, 0.2) is 0 Å². The average Bonchev–Trinajstić information content (AvgIpc) is 2.74. The highest BCUT2D eigenvalue weighted by molar-refractivity contribution is 5.89. The second kappa shape index (κ2) is 4.97. The molecule has 0 aliphatic heterocycles. The third-order valence-corrected chi connectivity index (χ3v) is 3.46. The van der Waals surface area contributed by atoms with Crippen LogP contribution in [0, 0.1) is 0 Å². The number of benzene rings is 1. The van der Waals surface area contributed by atoms with E-state index < -0.39 is 24.2 Å². The van der Waals surface area contributed by atoms with Gasteiger partial charge in [-0.2, -0.15) is 13.2 Å². The third kappa shape index (κ3) is 2.58. The molecule has 110 valence electrons. The van der Waals surface area contributed by atoms with Crippen molar-refractivity contribution in [2.24, 2.45) is 5.73 Å². The van der Waals surface area contributed by atoms with Gasteiger partial charge in [-0.1, -0.05) is 12.1 Å². The lowest BCUT2D eigenvalue weighted by molar-refractivity contribution is -0.141. The van der Waals surface area contributed by atoms with Crippen LogP contribution in [-0.2, 0) is 16.8 Å². The molecule has 2 rings (SSSR count). The van der Waals surface area contributed by atoms with E-state index in [0.717, 1.165) is 5.56 Å². The molecule has 1 aliphatic carbocycles. The fraction of sp³-hybridized carbons (Fsp3) is 0.462. The van der Waals surface area contributed by atoms with Crippen LogP contribution < -0.4 is 15.8 Å². The lowest BCUT2D eigenvalue weighted by atomic mass is 9.92. The zero-order chi connectivity index (χ0) is 15.0. The number of alkyl halides is 3. The predicted octanol–water partition coefficient (Wildman–Crippen LogP) is 1.47. The highest BCUT2D eigenvalue weighted by Crippen LogP contribution is 2.39. The van der Waals surface area contributed by atoms with Crippen LogP contribution in [0.15, 0.2) is 18.2 Å². The Morgan fingerprint density at radius 3 is 2.80 bits per heavy atom. The fourth-order valence-electron chi connectivity index (χ4n) is 2.46. The normalized spacial score (nSPS) is 21.4. The van der Waals surface area contributed by atoms with Crippen LogP contribution in [0.1, 0.15) is 17.5 Å². The van der Waals surface area contributed by atoms with Gasteiger partial charge in [-0.05, 0) is 30.0 Å². The largest absolute Gasteiger partial charge is 0.496 e. The van der Waals surface area contributed by atoms with Gasteiger partial charge >= 0.3 is 6.18 Å². The molecule has 1 aromatic carbocycles. The van der Waals surface area contributed by atoms with Crippen molar-refractivity contribution in [1.82, 2.24) is 5.32 Å². The summed E-state index contributed by atoms with van der Waals surface area (Å²) in [6.45, 7) is -1.38. The smallest absolute Gasteiger partial charge is 0.405 e. The highest BCUT2D eigenvalue weighted by Gasteiger charge is 2.44. The Hall–Kier alpha value is -1.76. The Morgan fingerprint density at radius 1 is 1.50 bits per heavy atom. The predicted molar refractivity (Wildman–Crippen MR) is 66.2 cm³/mol. The number of nitrogens with one attached hydrogen (secondary N) is 1. The number of methoxy groups -OCH3 is 1. The minimum atomic E-state index is -4.46. The summed E-state index contributed by atoms with van der Waals surface area (Å²) < 4.78 is 41.7. The number of hydrogen-bond donors (Lipinski definition) is 2. The SMILES string of the molecule is COc1cccc2c1CCC2(N)C(=O)NCC(F)(F)F. The Bertz CT molecular complexity index is 531. The lowest BCUT2D eigenvalue weighted by Crippen LogP contribution is -2.51. The van der Waals surface area contributed by atoms with Crippen LogP contribution in [0.25, 0.3) is 0 Å². The molecule has 7 heteroatoms. The first-order chi connectivity index (χ1) is 9.28. The van der Waals surface area contributed by atoms with Gasteiger partial charge in [-0.15, -0.1) is 0 Å². The topological polar surface area (TPSA) is 64.3 Å². The highest BCUT2D eigenvalue weighted by atomic mass is 19.4. The second-order valence-corrected chi connectivity index (χ2v) is 4.76. The first-order valence-corrected chi connectivity index (χ1v) is 6.08. The molecule has 1 aromatic rings. The molecular formula is C13H15F3N2O2. The molecule has 0 aromatic heterocycles. The number of halogens is 3. The Balaban J connectivity index is 2.24. The second-order valence-electron chi connectivity index (χ2n) is 4.76. The summed E-state index contributed by atoms with van der Waals surface area (Å²) in [6.07, 6.45) is -3.70. The van der Waals surface area contributed by atoms with Crippen molar-refractivity contribution in [3.05, 3.63) is 29.3 Å². The van der Waals surface area contributed by atoms with Gasteiger partial charge in [0.1, 0.15) is 17.8 Å². The van der Waals surface area contributed by atoms with Gasteiger partial charge in [0, 0.05) is 0 Å². The van der Waals surface area contributed by atoms with Gasteiger partial charge < -0.3 is 15.8 Å². The zero-order valence-corrected chi connectivity index (χ0v) is 10.9. The van der Waals surface area contributed by atoms with E-state index in [-0.39, 0.29) is 6.42 Å². The molecule has 0 spiro atoms. The number of carbonyl (C=O) groups excluding carboxylic acids is 1. The Morgan fingerprint density at radius 2 is 2.20 bits per heavy atom. The molecule has 0 saturated heterocycles. The van der Waals surface area contributed by atoms with E-state index in [1.54, 1.807) is 18.2 Å². The third-order valence-electron chi connectivity index (χ3n) is 3.46. The van der Waals surface area contributed by atoms with Gasteiger partial charge in [-0.25, -0.2) is 0 Å². The minimum Gasteiger partial charge on any atom is -0.496 e. The van der Waals surface area contributed by atoms with Gasteiger partial charge in [-0.3, -0.25) is 4.79 Å². The number of amides is 1. The average molecular weight is 288 g/mol. The summed E-state index contributed by atoms with van der Waals surface area (Å²) in [6, 6.07) is 5.05. The summed E-state index contributed by atoms with van der Waals surface area (Å²) in [5.41, 5.74) is 5.90. The van der Waals surface area contributed by atoms with Crippen molar-refractivity contribution in [2.45, 2.75) is 24.6 Å². The first kappa shape index (κ1) is 14.6. The van der Waals surface area contributed by atoms with Crippen LogP contribution >= 0.6 is 0 Å². The summed E-state index contributed by atoms with van der Waals surface area (Å²) >= 11 is 0. The molecule has 0 fully saturated rings. The number of fused-ring (bicyclic) bond motifs is 1. The van der Waals surface area contributed by atoms with E-state index >= 15 is 0 Å². The molecule has 1 aliphatic rings. The van der Waals surface area contributed by atoms with Crippen molar-refractivity contribution in [3.63, 3.8) is 0 Å². The molecule has 3 N–H and O–H groups in total. The van der Waals surface area contributed by atoms with E-state index in [1.165, 1.54) is 7.11 Å². The molecule has 20 heavy (non-hydrogen) atoms. The van der Waals surface area contributed by atoms with Gasteiger partial charge in [0.05, 0.1) is 7.11 Å². The summed E-state index contributed by atoms with van der Waals surface area (Å²) in [7, 11) is 1.50. The molecule has 0 saturated carbocycles. The maximum absolute atomic E-state index is 12.2. The lowest BCUT2D eigenvalue weighted by Gasteiger charge is -2.24. The maximum atomic E-state index is 12.2. The molecule has 0 bridgehead atoms. The van der Waals surface area contributed by atoms with E-state index in [0.29, 0.717) is 17.7 Å². The van der Waals surface area contributed by atoms with Crippen LogP contribution in [0.5, 0.6) is 5.75 Å². The molecular weight excluding hydrogens is 273 g/mol. The van der Waals surface area contributed by atoms with Crippen molar-refractivity contribution in [3.8, 4) is 5.75 Å². The molecule has 1 unspecified atom stereocenters. The van der Waals surface area contributed by atoms with E-state index in [4.69, 9.17) is 10.5 Å². The van der Waals surface area contributed by atoms with E-state index in [9.17, 15) is 18.0 Å². The van der Waals surface area contributed by atoms with Crippen LogP contribution in [0.3, 0.4) is 0 Å². The van der Waals surface area contributed by atoms with Crippen LogP contribution in [0.4, 0.5) is 13.2 Å². The Kier molecular flexibility index (Phi) is 3.64. The summed E-state index contributed by atoms with van der Waals surface area (Å²) in [4.78, 5) is 12.0. The van der Waals surface area contributed by atoms with Crippen molar-refractivity contribution in [1.29, 1.82) is 0 Å². The number of rotatable bonds is 3. The zero-order valence-electron chi connectivity index (χ0n) is 10.9. The quantitative estimate of drug-likeness (QED) is 0.885. The Labute approximate surface area is 114 Å². The van der Waals surface area contributed by atoms with Gasteiger partial charge in [0.25, 0.3) is 0 Å². The number of ether oxygens (including phenoxy) is 1.